The van der Waals surface area contributed by atoms with Gasteiger partial charge in [0.1, 0.15) is 11.4 Å². The number of nitrogens with zero attached hydrogens (tertiary/aromatic N) is 3. The predicted octanol–water partition coefficient (Wildman–Crippen LogP) is 4.25. The normalized spacial score (nSPS) is 28.8. The molecule has 2 N–H and O–H groups in total. The molecule has 2 bridgehead atoms. The Balaban J connectivity index is 1.09. The number of fused-ring (bicyclic) bond motifs is 1. The second-order valence-corrected chi connectivity index (χ2v) is 10.1. The Bertz CT molecular complexity index is 1300. The van der Waals surface area contributed by atoms with Gasteiger partial charge in [-0.2, -0.15) is 13.2 Å². The van der Waals surface area contributed by atoms with E-state index >= 15 is 0 Å². The lowest BCUT2D eigenvalue weighted by Crippen LogP contribution is -2.79. The van der Waals surface area contributed by atoms with Crippen LogP contribution in [-0.2, 0) is 16.5 Å². The number of hydrogen-bond donors (Lipinski definition) is 2. The molecule has 3 aromatic rings. The number of halogens is 4. The first-order valence-corrected chi connectivity index (χ1v) is 11.5. The van der Waals surface area contributed by atoms with Crippen LogP contribution in [-0.4, -0.2) is 37.2 Å². The number of carbonyl (C=O) groups is 1. The minimum atomic E-state index is -4.49. The molecule has 1 aromatic carbocycles. The molecule has 3 aliphatic carbocycles. The van der Waals surface area contributed by atoms with Gasteiger partial charge in [-0.25, -0.2) is 4.98 Å². The van der Waals surface area contributed by atoms with E-state index in [4.69, 9.17) is 16.3 Å². The van der Waals surface area contributed by atoms with Gasteiger partial charge in [0, 0.05) is 40.5 Å². The largest absolute Gasteiger partial charge is 0.480 e. The van der Waals surface area contributed by atoms with E-state index in [1.165, 1.54) is 12.3 Å². The van der Waals surface area contributed by atoms with Crippen LogP contribution in [0.1, 0.15) is 43.0 Å². The van der Waals surface area contributed by atoms with Crippen LogP contribution >= 0.6 is 11.6 Å². The molecule has 0 saturated heterocycles. The zero-order valence-corrected chi connectivity index (χ0v) is 19.0. The molecule has 0 radical (unpaired) electrons. The van der Waals surface area contributed by atoms with Gasteiger partial charge in [0.15, 0.2) is 6.10 Å². The number of rotatable bonds is 4. The molecule has 4 aliphatic rings. The molecule has 182 valence electrons. The standard InChI is InChI=1S/C24H20ClF3N4O3/c25-14-2-3-18-15(5-14)17(33)6-19(35-18)21(34)31-22-9-23(10-22,11-22)32-8-16(30-12-32)13-1-4-20(29-7-13)24(26,27)28/h1-5,7-8,12,17,19,33H,6,9-11H2,(H,31,34)/t17-,19-,22?,23?/m0/s1. The molecule has 11 heteroatoms. The number of ether oxygens (including phenoxy) is 1. The van der Waals surface area contributed by atoms with Crippen LogP contribution in [0.4, 0.5) is 13.2 Å². The van der Waals surface area contributed by atoms with Crippen molar-refractivity contribution in [3.05, 3.63) is 65.3 Å². The molecule has 2 atom stereocenters. The number of aromatic nitrogens is 3. The molecule has 3 saturated carbocycles. The summed E-state index contributed by atoms with van der Waals surface area (Å²) in [6.07, 6.45) is 0.818. The van der Waals surface area contributed by atoms with Crippen LogP contribution in [0.25, 0.3) is 11.3 Å². The van der Waals surface area contributed by atoms with E-state index in [9.17, 15) is 23.1 Å². The summed E-state index contributed by atoms with van der Waals surface area (Å²) in [7, 11) is 0. The summed E-state index contributed by atoms with van der Waals surface area (Å²) in [6, 6.07) is 7.24. The summed E-state index contributed by atoms with van der Waals surface area (Å²) in [5, 5.41) is 14.0. The van der Waals surface area contributed by atoms with E-state index in [1.54, 1.807) is 30.7 Å². The summed E-state index contributed by atoms with van der Waals surface area (Å²) < 4.78 is 46.0. The Morgan fingerprint density at radius 2 is 1.97 bits per heavy atom. The van der Waals surface area contributed by atoms with Gasteiger partial charge in [-0.05, 0) is 49.6 Å². The zero-order valence-electron chi connectivity index (χ0n) is 18.2. The van der Waals surface area contributed by atoms with Gasteiger partial charge in [0.05, 0.1) is 23.7 Å². The molecule has 0 spiro atoms. The maximum absolute atomic E-state index is 12.9. The highest BCUT2D eigenvalue weighted by atomic mass is 35.5. The third kappa shape index (κ3) is 3.66. The first-order chi connectivity index (χ1) is 16.6. The fourth-order valence-electron chi connectivity index (χ4n) is 5.51. The SMILES string of the molecule is O=C(NC12CC(n3cnc(-c4ccc(C(F)(F)F)nc4)c3)(C1)C2)[C@@H]1C[C@H](O)c2cc(Cl)ccc2O1. The quantitative estimate of drug-likeness (QED) is 0.554. The number of aliphatic hydroxyl groups excluding tert-OH is 1. The Kier molecular flexibility index (Phi) is 4.76. The third-order valence-corrected chi connectivity index (χ3v) is 7.44. The Hall–Kier alpha value is -3.11. The summed E-state index contributed by atoms with van der Waals surface area (Å²) in [6.45, 7) is 0. The first-order valence-electron chi connectivity index (χ1n) is 11.1. The Morgan fingerprint density at radius 1 is 1.20 bits per heavy atom. The van der Waals surface area contributed by atoms with E-state index in [-0.39, 0.29) is 23.4 Å². The van der Waals surface area contributed by atoms with Gasteiger partial charge in [-0.1, -0.05) is 11.6 Å². The van der Waals surface area contributed by atoms with Crippen molar-refractivity contribution in [3.8, 4) is 17.0 Å². The van der Waals surface area contributed by atoms with Gasteiger partial charge in [0.2, 0.25) is 0 Å². The zero-order chi connectivity index (χ0) is 24.6. The Labute approximate surface area is 202 Å². The van der Waals surface area contributed by atoms with Crippen molar-refractivity contribution in [2.45, 2.75) is 55.1 Å². The summed E-state index contributed by atoms with van der Waals surface area (Å²) in [5.41, 5.74) is 0.170. The maximum Gasteiger partial charge on any atom is 0.433 e. The molecule has 1 amide bonds. The first kappa shape index (κ1) is 22.4. The topological polar surface area (TPSA) is 89.3 Å². The van der Waals surface area contributed by atoms with E-state index in [0.717, 1.165) is 6.07 Å². The summed E-state index contributed by atoms with van der Waals surface area (Å²) >= 11 is 5.99. The molecule has 7 rings (SSSR count). The van der Waals surface area contributed by atoms with E-state index in [0.29, 0.717) is 46.9 Å². The molecule has 3 heterocycles. The molecule has 0 unspecified atom stereocenters. The number of aliphatic hydroxyl groups is 1. The smallest absolute Gasteiger partial charge is 0.433 e. The van der Waals surface area contributed by atoms with Crippen LogP contribution in [0, 0.1) is 0 Å². The minimum absolute atomic E-state index is 0.145. The van der Waals surface area contributed by atoms with Crippen molar-refractivity contribution in [2.75, 3.05) is 0 Å². The van der Waals surface area contributed by atoms with Gasteiger partial charge < -0.3 is 19.7 Å². The highest BCUT2D eigenvalue weighted by Crippen LogP contribution is 2.65. The van der Waals surface area contributed by atoms with Crippen LogP contribution in [0.5, 0.6) is 5.75 Å². The second-order valence-electron chi connectivity index (χ2n) is 9.66. The lowest BCUT2D eigenvalue weighted by molar-refractivity contribution is -0.161. The molecule has 35 heavy (non-hydrogen) atoms. The third-order valence-electron chi connectivity index (χ3n) is 7.20. The predicted molar refractivity (Wildman–Crippen MR) is 119 cm³/mol. The number of nitrogens with one attached hydrogen (secondary N) is 1. The lowest BCUT2D eigenvalue weighted by Gasteiger charge is -2.70. The van der Waals surface area contributed by atoms with Crippen molar-refractivity contribution in [1.29, 1.82) is 0 Å². The fraction of sp³-hybridized carbons (Fsp3) is 0.375. The molecule has 3 fully saturated rings. The summed E-state index contributed by atoms with van der Waals surface area (Å²) in [5.74, 6) is 0.186. The average molecular weight is 505 g/mol. The molecule has 1 aliphatic heterocycles. The summed E-state index contributed by atoms with van der Waals surface area (Å²) in [4.78, 5) is 20.7. The van der Waals surface area contributed by atoms with Crippen LogP contribution < -0.4 is 10.1 Å². The van der Waals surface area contributed by atoms with Crippen molar-refractivity contribution in [2.24, 2.45) is 0 Å². The number of imidazole rings is 1. The van der Waals surface area contributed by atoms with Gasteiger partial charge in [-0.15, -0.1) is 0 Å². The highest BCUT2D eigenvalue weighted by Gasteiger charge is 2.70. The number of alkyl halides is 3. The number of amides is 1. The van der Waals surface area contributed by atoms with Gasteiger partial charge in [-0.3, -0.25) is 9.78 Å². The Morgan fingerprint density at radius 3 is 2.66 bits per heavy atom. The maximum atomic E-state index is 12.9. The van der Waals surface area contributed by atoms with Gasteiger partial charge in [0.25, 0.3) is 5.91 Å². The number of benzene rings is 1. The van der Waals surface area contributed by atoms with E-state index in [2.05, 4.69) is 15.3 Å². The minimum Gasteiger partial charge on any atom is -0.480 e. The van der Waals surface area contributed by atoms with Crippen LogP contribution in [0.3, 0.4) is 0 Å². The number of pyridine rings is 1. The van der Waals surface area contributed by atoms with E-state index < -0.39 is 24.1 Å². The van der Waals surface area contributed by atoms with Crippen LogP contribution in [0.2, 0.25) is 5.02 Å². The van der Waals surface area contributed by atoms with Crippen molar-refractivity contribution >= 4 is 17.5 Å². The number of carbonyl (C=O) groups excluding carboxylic acids is 1. The average Bonchev–Trinajstić information content (AvgIpc) is 3.25. The molecular weight excluding hydrogens is 485 g/mol. The monoisotopic (exact) mass is 504 g/mol. The van der Waals surface area contributed by atoms with Gasteiger partial charge >= 0.3 is 6.18 Å². The van der Waals surface area contributed by atoms with Crippen LogP contribution in [0.15, 0.2) is 49.1 Å². The molecule has 7 nitrogen and oxygen atoms in total. The second kappa shape index (κ2) is 7.44. The lowest BCUT2D eigenvalue weighted by atomic mass is 9.44. The van der Waals surface area contributed by atoms with Crippen molar-refractivity contribution in [1.82, 2.24) is 19.9 Å². The van der Waals surface area contributed by atoms with Crippen molar-refractivity contribution in [3.63, 3.8) is 0 Å². The van der Waals surface area contributed by atoms with Crippen molar-refractivity contribution < 1.29 is 27.8 Å². The number of hydrogen-bond acceptors (Lipinski definition) is 5. The highest BCUT2D eigenvalue weighted by molar-refractivity contribution is 6.30. The molecular formula is C24H20ClF3N4O3. The molecule has 2 aromatic heterocycles. The fourth-order valence-corrected chi connectivity index (χ4v) is 5.69. The van der Waals surface area contributed by atoms with E-state index in [1.807, 2.05) is 4.57 Å².